The van der Waals surface area contributed by atoms with Gasteiger partial charge in [-0.15, -0.1) is 0 Å². The molecule has 1 aromatic rings. The van der Waals surface area contributed by atoms with Gasteiger partial charge in [-0.25, -0.2) is 0 Å². The first-order chi connectivity index (χ1) is 9.70. The van der Waals surface area contributed by atoms with E-state index in [0.717, 1.165) is 25.6 Å². The predicted molar refractivity (Wildman–Crippen MR) is 87.0 cm³/mol. The Morgan fingerprint density at radius 2 is 2.10 bits per heavy atom. The number of piperazine rings is 1. The minimum Gasteiger partial charge on any atom is -0.307 e. The normalized spacial score (nSPS) is 24.6. The summed E-state index contributed by atoms with van der Waals surface area (Å²) in [6, 6.07) is 11.7. The van der Waals surface area contributed by atoms with Gasteiger partial charge in [0.05, 0.1) is 0 Å². The Kier molecular flexibility index (Phi) is 6.08. The van der Waals surface area contributed by atoms with Gasteiger partial charge in [0.15, 0.2) is 0 Å². The lowest BCUT2D eigenvalue weighted by Gasteiger charge is -2.41. The number of halogens is 1. The van der Waals surface area contributed by atoms with Crippen LogP contribution in [0.4, 0.5) is 0 Å². The molecule has 0 aromatic heterocycles. The van der Waals surface area contributed by atoms with Crippen LogP contribution in [-0.2, 0) is 0 Å². The van der Waals surface area contributed by atoms with Gasteiger partial charge in [-0.3, -0.25) is 4.90 Å². The Morgan fingerprint density at radius 3 is 2.75 bits per heavy atom. The van der Waals surface area contributed by atoms with Crippen LogP contribution in [0.3, 0.4) is 0 Å². The van der Waals surface area contributed by atoms with Crippen LogP contribution in [0.15, 0.2) is 41.9 Å². The molecule has 0 saturated carbocycles. The predicted octanol–water partition coefficient (Wildman–Crippen LogP) is 3.80. The highest BCUT2D eigenvalue weighted by molar-refractivity contribution is 6.25. The molecule has 2 unspecified atom stereocenters. The highest BCUT2D eigenvalue weighted by Gasteiger charge is 2.28. The van der Waals surface area contributed by atoms with Crippen LogP contribution in [0, 0.1) is 5.92 Å². The minimum atomic E-state index is 0.420. The van der Waals surface area contributed by atoms with E-state index in [1.165, 1.54) is 12.0 Å². The molecular formula is C17H25ClN2. The number of benzene rings is 1. The standard InChI is InChI=1S/C17H25ClN2/c1-14(2)11-16-12-19-17(13-20(16)10-6-9-18)15-7-4-3-5-8-15/h3-9,14,16-17,19H,10-13H2,1-2H3/b9-6+. The van der Waals surface area contributed by atoms with Crippen LogP contribution in [-0.4, -0.2) is 30.6 Å². The number of nitrogens with zero attached hydrogens (tertiary/aromatic N) is 1. The zero-order valence-electron chi connectivity index (χ0n) is 12.4. The van der Waals surface area contributed by atoms with Gasteiger partial charge in [0, 0.05) is 37.3 Å². The van der Waals surface area contributed by atoms with E-state index in [1.807, 2.05) is 6.08 Å². The maximum Gasteiger partial charge on any atom is 0.0450 e. The molecule has 2 atom stereocenters. The number of rotatable bonds is 5. The molecule has 1 N–H and O–H groups in total. The molecule has 1 aliphatic heterocycles. The summed E-state index contributed by atoms with van der Waals surface area (Å²) >= 11 is 5.70. The smallest absolute Gasteiger partial charge is 0.0450 e. The lowest BCUT2D eigenvalue weighted by atomic mass is 9.96. The fraction of sp³-hybridized carbons (Fsp3) is 0.529. The van der Waals surface area contributed by atoms with E-state index in [9.17, 15) is 0 Å². The van der Waals surface area contributed by atoms with Gasteiger partial charge in [0.25, 0.3) is 0 Å². The molecule has 0 amide bonds. The zero-order valence-corrected chi connectivity index (χ0v) is 13.2. The molecular weight excluding hydrogens is 268 g/mol. The first-order valence-corrected chi connectivity index (χ1v) is 7.92. The summed E-state index contributed by atoms with van der Waals surface area (Å²) in [6.07, 6.45) is 3.27. The SMILES string of the molecule is CC(C)CC1CNC(c2ccccc2)CN1C/C=C/Cl. The van der Waals surface area contributed by atoms with Crippen LogP contribution in [0.5, 0.6) is 0 Å². The van der Waals surface area contributed by atoms with E-state index >= 15 is 0 Å². The third-order valence-corrected chi connectivity index (χ3v) is 4.09. The van der Waals surface area contributed by atoms with Crippen molar-refractivity contribution in [2.45, 2.75) is 32.4 Å². The molecule has 20 heavy (non-hydrogen) atoms. The summed E-state index contributed by atoms with van der Waals surface area (Å²) in [5.41, 5.74) is 3.00. The highest BCUT2D eigenvalue weighted by atomic mass is 35.5. The monoisotopic (exact) mass is 292 g/mol. The van der Waals surface area contributed by atoms with E-state index in [4.69, 9.17) is 11.6 Å². The fourth-order valence-electron chi connectivity index (χ4n) is 2.94. The molecule has 2 rings (SSSR count). The van der Waals surface area contributed by atoms with E-state index in [-0.39, 0.29) is 0 Å². The average molecular weight is 293 g/mol. The van der Waals surface area contributed by atoms with Gasteiger partial charge in [0.2, 0.25) is 0 Å². The molecule has 1 heterocycles. The van der Waals surface area contributed by atoms with E-state index in [0.29, 0.717) is 12.1 Å². The molecule has 0 bridgehead atoms. The Bertz CT molecular complexity index is 416. The molecule has 110 valence electrons. The third-order valence-electron chi connectivity index (χ3n) is 3.91. The summed E-state index contributed by atoms with van der Waals surface area (Å²) in [6.45, 7) is 7.61. The molecule has 2 nitrogen and oxygen atoms in total. The van der Waals surface area contributed by atoms with E-state index in [1.54, 1.807) is 5.54 Å². The molecule has 1 aliphatic rings. The van der Waals surface area contributed by atoms with Crippen molar-refractivity contribution in [1.82, 2.24) is 10.2 Å². The Hall–Kier alpha value is -0.830. The summed E-state index contributed by atoms with van der Waals surface area (Å²) in [5.74, 6) is 0.720. The number of hydrogen-bond acceptors (Lipinski definition) is 2. The van der Waals surface area contributed by atoms with Crippen molar-refractivity contribution in [3.63, 3.8) is 0 Å². The van der Waals surface area contributed by atoms with Crippen LogP contribution < -0.4 is 5.32 Å². The first-order valence-electron chi connectivity index (χ1n) is 7.48. The fourth-order valence-corrected chi connectivity index (χ4v) is 3.02. The Labute approximate surface area is 127 Å². The van der Waals surface area contributed by atoms with Gasteiger partial charge < -0.3 is 5.32 Å². The molecule has 1 saturated heterocycles. The van der Waals surface area contributed by atoms with E-state index in [2.05, 4.69) is 54.4 Å². The second kappa shape index (κ2) is 7.82. The summed E-state index contributed by atoms with van der Waals surface area (Å²) in [4.78, 5) is 2.55. The Balaban J connectivity index is 2.04. The van der Waals surface area contributed by atoms with Crippen molar-refractivity contribution in [2.75, 3.05) is 19.6 Å². The average Bonchev–Trinajstić information content (AvgIpc) is 2.46. The minimum absolute atomic E-state index is 0.420. The molecule has 1 aromatic carbocycles. The third kappa shape index (κ3) is 4.34. The lowest BCUT2D eigenvalue weighted by molar-refractivity contribution is 0.128. The zero-order chi connectivity index (χ0) is 14.4. The van der Waals surface area contributed by atoms with Gasteiger partial charge >= 0.3 is 0 Å². The summed E-state index contributed by atoms with van der Waals surface area (Å²) in [7, 11) is 0. The quantitative estimate of drug-likeness (QED) is 0.888. The molecule has 0 radical (unpaired) electrons. The van der Waals surface area contributed by atoms with Crippen molar-refractivity contribution < 1.29 is 0 Å². The topological polar surface area (TPSA) is 15.3 Å². The van der Waals surface area contributed by atoms with Crippen molar-refractivity contribution in [1.29, 1.82) is 0 Å². The lowest BCUT2D eigenvalue weighted by Crippen LogP contribution is -2.53. The van der Waals surface area contributed by atoms with Gasteiger partial charge in [-0.05, 0) is 17.9 Å². The maximum absolute atomic E-state index is 5.70. The van der Waals surface area contributed by atoms with Gasteiger partial charge in [0.1, 0.15) is 0 Å². The summed E-state index contributed by atoms with van der Waals surface area (Å²) in [5, 5.41) is 3.70. The molecule has 1 fully saturated rings. The maximum atomic E-state index is 5.70. The largest absolute Gasteiger partial charge is 0.307 e. The van der Waals surface area contributed by atoms with Crippen molar-refractivity contribution in [3.8, 4) is 0 Å². The van der Waals surface area contributed by atoms with Crippen molar-refractivity contribution >= 4 is 11.6 Å². The Morgan fingerprint density at radius 1 is 1.35 bits per heavy atom. The number of hydrogen-bond donors (Lipinski definition) is 1. The number of nitrogens with one attached hydrogen (secondary N) is 1. The summed E-state index contributed by atoms with van der Waals surface area (Å²) < 4.78 is 0. The molecule has 0 spiro atoms. The van der Waals surface area contributed by atoms with Crippen LogP contribution in [0.1, 0.15) is 31.9 Å². The highest BCUT2D eigenvalue weighted by Crippen LogP contribution is 2.22. The van der Waals surface area contributed by atoms with Crippen molar-refractivity contribution in [3.05, 3.63) is 47.5 Å². The van der Waals surface area contributed by atoms with Crippen LogP contribution in [0.25, 0.3) is 0 Å². The van der Waals surface area contributed by atoms with Crippen molar-refractivity contribution in [2.24, 2.45) is 5.92 Å². The van der Waals surface area contributed by atoms with Crippen LogP contribution in [0.2, 0.25) is 0 Å². The van der Waals surface area contributed by atoms with Gasteiger partial charge in [-0.1, -0.05) is 61.9 Å². The second-order valence-electron chi connectivity index (χ2n) is 5.97. The molecule has 0 aliphatic carbocycles. The van der Waals surface area contributed by atoms with Crippen LogP contribution >= 0.6 is 11.6 Å². The second-order valence-corrected chi connectivity index (χ2v) is 6.22. The van der Waals surface area contributed by atoms with Gasteiger partial charge in [-0.2, -0.15) is 0 Å². The molecule has 3 heteroatoms. The van der Waals surface area contributed by atoms with E-state index < -0.39 is 0 Å². The first kappa shape index (κ1) is 15.6.